The summed E-state index contributed by atoms with van der Waals surface area (Å²) in [5.41, 5.74) is 7.14. The number of aldehydes is 1. The van der Waals surface area contributed by atoms with Crippen LogP contribution in [0, 0.1) is 13.8 Å². The van der Waals surface area contributed by atoms with Crippen molar-refractivity contribution in [1.29, 1.82) is 0 Å². The normalized spacial score (nSPS) is 10.2. The average Bonchev–Trinajstić information content (AvgIpc) is 3.07. The Morgan fingerprint density at radius 3 is 2.66 bits per heavy atom. The zero-order valence-corrected chi connectivity index (χ0v) is 17.4. The van der Waals surface area contributed by atoms with Crippen LogP contribution in [0.4, 0.5) is 11.5 Å². The first-order valence-electron chi connectivity index (χ1n) is 9.23. The Balaban J connectivity index is 0.000000687. The Kier molecular flexibility index (Phi) is 7.88. The molecule has 29 heavy (non-hydrogen) atoms. The number of fused-ring (bicyclic) bond motifs is 1. The summed E-state index contributed by atoms with van der Waals surface area (Å²) in [6.45, 7) is 6.33. The molecule has 0 aliphatic carbocycles. The molecule has 0 radical (unpaired) electrons. The van der Waals surface area contributed by atoms with Crippen LogP contribution in [0.5, 0.6) is 0 Å². The number of hydrogen-bond acceptors (Lipinski definition) is 6. The molecule has 3 rings (SSSR count). The summed E-state index contributed by atoms with van der Waals surface area (Å²) < 4.78 is 1.88. The number of amides is 1. The van der Waals surface area contributed by atoms with Crippen LogP contribution in [0.3, 0.4) is 0 Å². The highest BCUT2D eigenvalue weighted by Gasteiger charge is 2.17. The molecule has 1 amide bonds. The number of anilines is 2. The maximum absolute atomic E-state index is 12.2. The van der Waals surface area contributed by atoms with Gasteiger partial charge in [-0.15, -0.1) is 0 Å². The first-order chi connectivity index (χ1) is 14.0. The standard InChI is InChI=1S/C19H20N4O2.C2H7NO/c1-4-20-19(25)15-10-23-8-7-21-18(17(23)13(15)3)22-16-9-14(11-24)6-5-12(16)2;1-3-4-2/h5-11H,4H2,1-3H3,(H,20,25)(H,21,22);3H,1-2H3. The molecule has 8 nitrogen and oxygen atoms in total. The van der Waals surface area contributed by atoms with Gasteiger partial charge in [-0.3, -0.25) is 9.59 Å². The number of aromatic nitrogens is 2. The number of carbonyl (C=O) groups excluding carboxylic acids is 2. The second-order valence-electron chi connectivity index (χ2n) is 6.28. The smallest absolute Gasteiger partial charge is 0.253 e. The third kappa shape index (κ3) is 5.18. The van der Waals surface area contributed by atoms with Gasteiger partial charge >= 0.3 is 0 Å². The number of nitrogens with zero attached hydrogens (tertiary/aromatic N) is 2. The Labute approximate surface area is 170 Å². The molecule has 0 aliphatic heterocycles. The number of rotatable bonds is 6. The third-order valence-electron chi connectivity index (χ3n) is 4.38. The third-order valence-corrected chi connectivity index (χ3v) is 4.38. The number of hydrogen-bond donors (Lipinski definition) is 3. The van der Waals surface area contributed by atoms with Gasteiger partial charge in [0.2, 0.25) is 0 Å². The van der Waals surface area contributed by atoms with E-state index in [2.05, 4.69) is 25.9 Å². The largest absolute Gasteiger partial charge is 0.352 e. The van der Waals surface area contributed by atoms with Crippen molar-refractivity contribution in [3.63, 3.8) is 0 Å². The zero-order chi connectivity index (χ0) is 21.4. The first kappa shape index (κ1) is 22.1. The molecule has 0 saturated heterocycles. The van der Waals surface area contributed by atoms with Crippen LogP contribution < -0.4 is 16.1 Å². The molecule has 0 saturated carbocycles. The fourth-order valence-corrected chi connectivity index (χ4v) is 2.83. The van der Waals surface area contributed by atoms with Crippen LogP contribution in [0.2, 0.25) is 0 Å². The Bertz CT molecular complexity index is 995. The monoisotopic (exact) mass is 397 g/mol. The topological polar surface area (TPSA) is 96.8 Å². The predicted octanol–water partition coefficient (Wildman–Crippen LogP) is 3.02. The lowest BCUT2D eigenvalue weighted by atomic mass is 10.1. The molecule has 0 bridgehead atoms. The van der Waals surface area contributed by atoms with Crippen LogP contribution in [0.1, 0.15) is 38.8 Å². The second-order valence-corrected chi connectivity index (χ2v) is 6.28. The highest BCUT2D eigenvalue weighted by atomic mass is 16.6. The Morgan fingerprint density at radius 1 is 1.31 bits per heavy atom. The van der Waals surface area contributed by atoms with E-state index in [-0.39, 0.29) is 5.91 Å². The van der Waals surface area contributed by atoms with Crippen LogP contribution in [0.15, 0.2) is 36.8 Å². The van der Waals surface area contributed by atoms with Gasteiger partial charge in [-0.1, -0.05) is 12.1 Å². The van der Waals surface area contributed by atoms with E-state index >= 15 is 0 Å². The molecule has 2 aromatic heterocycles. The molecule has 0 fully saturated rings. The van der Waals surface area contributed by atoms with Gasteiger partial charge in [0.05, 0.1) is 18.2 Å². The highest BCUT2D eigenvalue weighted by Crippen LogP contribution is 2.27. The minimum Gasteiger partial charge on any atom is -0.352 e. The number of aryl methyl sites for hydroxylation is 2. The molecule has 8 heteroatoms. The Morgan fingerprint density at radius 2 is 2.03 bits per heavy atom. The maximum atomic E-state index is 12.2. The summed E-state index contributed by atoms with van der Waals surface area (Å²) in [6.07, 6.45) is 6.10. The zero-order valence-electron chi connectivity index (χ0n) is 17.4. The van der Waals surface area contributed by atoms with E-state index in [9.17, 15) is 9.59 Å². The molecule has 1 aromatic carbocycles. The quantitative estimate of drug-likeness (QED) is 0.437. The number of benzene rings is 1. The van der Waals surface area contributed by atoms with Gasteiger partial charge in [0.1, 0.15) is 6.29 Å². The van der Waals surface area contributed by atoms with Gasteiger partial charge in [-0.05, 0) is 38.0 Å². The van der Waals surface area contributed by atoms with E-state index in [1.165, 1.54) is 0 Å². The first-order valence-corrected chi connectivity index (χ1v) is 9.23. The Hall–Kier alpha value is -3.23. The van der Waals surface area contributed by atoms with E-state index in [1.54, 1.807) is 38.7 Å². The lowest BCUT2D eigenvalue weighted by molar-refractivity contribution is 0.0955. The van der Waals surface area contributed by atoms with Gasteiger partial charge in [-0.2, -0.15) is 0 Å². The summed E-state index contributed by atoms with van der Waals surface area (Å²) >= 11 is 0. The molecule has 3 aromatic rings. The van der Waals surface area contributed by atoms with Gasteiger partial charge in [0.15, 0.2) is 5.82 Å². The number of carbonyl (C=O) groups is 2. The van der Waals surface area contributed by atoms with E-state index in [0.29, 0.717) is 23.5 Å². The van der Waals surface area contributed by atoms with Crippen molar-refractivity contribution in [3.05, 3.63) is 59.0 Å². The van der Waals surface area contributed by atoms with Crippen LogP contribution in [-0.4, -0.2) is 42.3 Å². The highest BCUT2D eigenvalue weighted by molar-refractivity contribution is 5.99. The van der Waals surface area contributed by atoms with E-state index < -0.39 is 0 Å². The average molecular weight is 397 g/mol. The van der Waals surface area contributed by atoms with Gasteiger partial charge in [-0.25, -0.2) is 10.5 Å². The fourth-order valence-electron chi connectivity index (χ4n) is 2.83. The summed E-state index contributed by atoms with van der Waals surface area (Å²) in [4.78, 5) is 32.0. The van der Waals surface area contributed by atoms with Gasteiger partial charge < -0.3 is 19.9 Å². The second kappa shape index (κ2) is 10.4. The summed E-state index contributed by atoms with van der Waals surface area (Å²) in [6, 6.07) is 5.45. The maximum Gasteiger partial charge on any atom is 0.253 e. The van der Waals surface area contributed by atoms with Crippen LogP contribution >= 0.6 is 0 Å². The van der Waals surface area contributed by atoms with E-state index in [1.807, 2.05) is 37.4 Å². The van der Waals surface area contributed by atoms with E-state index in [4.69, 9.17) is 0 Å². The summed E-state index contributed by atoms with van der Waals surface area (Å²) in [5, 5.41) is 6.12. The van der Waals surface area contributed by atoms with Crippen molar-refractivity contribution in [2.24, 2.45) is 0 Å². The molecule has 0 unspecified atom stereocenters. The lowest BCUT2D eigenvalue weighted by Gasteiger charge is -2.11. The van der Waals surface area contributed by atoms with Crippen LogP contribution in [-0.2, 0) is 4.84 Å². The molecule has 2 heterocycles. The molecule has 0 spiro atoms. The van der Waals surface area contributed by atoms with Gasteiger partial charge in [0.25, 0.3) is 5.91 Å². The molecular formula is C21H27N5O3. The summed E-state index contributed by atoms with van der Waals surface area (Å²) in [5.74, 6) is 0.537. The van der Waals surface area contributed by atoms with Gasteiger partial charge in [0, 0.05) is 43.4 Å². The summed E-state index contributed by atoms with van der Waals surface area (Å²) in [7, 11) is 3.28. The minimum absolute atomic E-state index is 0.103. The van der Waals surface area contributed by atoms with Crippen molar-refractivity contribution in [2.75, 3.05) is 26.0 Å². The molecule has 154 valence electrons. The molecule has 3 N–H and O–H groups in total. The molecular weight excluding hydrogens is 370 g/mol. The number of nitrogens with one attached hydrogen (secondary N) is 3. The van der Waals surface area contributed by atoms with Crippen molar-refractivity contribution in [3.8, 4) is 0 Å². The number of hydroxylamine groups is 1. The van der Waals surface area contributed by atoms with Crippen molar-refractivity contribution in [1.82, 2.24) is 20.2 Å². The molecule has 0 aliphatic rings. The minimum atomic E-state index is -0.103. The van der Waals surface area contributed by atoms with Crippen molar-refractivity contribution in [2.45, 2.75) is 20.8 Å². The SMILES string of the molecule is CCNC(=O)c1cn2ccnc(Nc3cc(C=O)ccc3C)c2c1C.CNOC. The predicted molar refractivity (Wildman–Crippen MR) is 114 cm³/mol. The van der Waals surface area contributed by atoms with Crippen LogP contribution in [0.25, 0.3) is 5.52 Å². The molecule has 0 atom stereocenters. The van der Waals surface area contributed by atoms with E-state index in [0.717, 1.165) is 28.6 Å². The van der Waals surface area contributed by atoms with Crippen molar-refractivity contribution >= 4 is 29.2 Å². The van der Waals surface area contributed by atoms with Crippen molar-refractivity contribution < 1.29 is 14.4 Å². The fraction of sp³-hybridized carbons (Fsp3) is 0.286. The lowest BCUT2D eigenvalue weighted by Crippen LogP contribution is -2.22.